The van der Waals surface area contributed by atoms with Gasteiger partial charge in [0.15, 0.2) is 11.7 Å². The highest BCUT2D eigenvalue weighted by atomic mass is 127. The first-order valence-electron chi connectivity index (χ1n) is 11.6. The maximum atomic E-state index is 11.2. The van der Waals surface area contributed by atoms with Crippen LogP contribution >= 0.6 is 24.0 Å². The lowest BCUT2D eigenvalue weighted by atomic mass is 9.96. The second-order valence-corrected chi connectivity index (χ2v) is 8.08. The van der Waals surface area contributed by atoms with Gasteiger partial charge in [-0.2, -0.15) is 0 Å². The van der Waals surface area contributed by atoms with Gasteiger partial charge in [0.05, 0.1) is 5.69 Å². The number of aromatic nitrogens is 1. The van der Waals surface area contributed by atoms with E-state index < -0.39 is 0 Å². The van der Waals surface area contributed by atoms with Gasteiger partial charge in [0.1, 0.15) is 6.54 Å². The van der Waals surface area contributed by atoms with Crippen LogP contribution in [-0.2, 0) is 11.3 Å². The molecule has 1 fully saturated rings. The van der Waals surface area contributed by atoms with Crippen molar-refractivity contribution < 1.29 is 9.32 Å². The number of carbonyl (C=O) groups excluding carboxylic acids is 1. The number of carbonyl (C=O) groups is 1. The van der Waals surface area contributed by atoms with Crippen LogP contribution in [0.2, 0.25) is 0 Å². The molecule has 0 spiro atoms. The maximum absolute atomic E-state index is 11.2. The third-order valence-corrected chi connectivity index (χ3v) is 5.90. The van der Waals surface area contributed by atoms with Crippen molar-refractivity contribution in [3.05, 3.63) is 17.5 Å². The van der Waals surface area contributed by atoms with Crippen molar-refractivity contribution in [2.45, 2.75) is 71.8 Å². The summed E-state index contributed by atoms with van der Waals surface area (Å²) in [4.78, 5) is 18.3. The van der Waals surface area contributed by atoms with Gasteiger partial charge in [-0.05, 0) is 65.1 Å². The van der Waals surface area contributed by atoms with E-state index in [2.05, 4.69) is 46.5 Å². The minimum absolute atomic E-state index is 0. The highest BCUT2D eigenvalue weighted by Gasteiger charge is 2.22. The van der Waals surface area contributed by atoms with Gasteiger partial charge >= 0.3 is 0 Å². The maximum Gasteiger partial charge on any atom is 0.220 e. The summed E-state index contributed by atoms with van der Waals surface area (Å²) in [6, 6.07) is 2.03. The van der Waals surface area contributed by atoms with Crippen LogP contribution in [0.1, 0.15) is 76.7 Å². The van der Waals surface area contributed by atoms with Crippen molar-refractivity contribution in [3.8, 4) is 0 Å². The first-order chi connectivity index (χ1) is 14.6. The zero-order chi connectivity index (χ0) is 21.8. The standard InChI is InChI=1S/C22H40N6O2.HI/c1-4-17(5-2)20-15-19(30-27-20)16-26-22(24-6-3)25-11-7-8-12-28-13-9-18(10-14-28)21(23)29;/h15,17-18H,4-14,16H2,1-3H3,(H2,23,29)(H2,24,25,26);1H. The van der Waals surface area contributed by atoms with Gasteiger partial charge < -0.3 is 25.8 Å². The van der Waals surface area contributed by atoms with E-state index in [4.69, 9.17) is 10.3 Å². The molecule has 1 aliphatic heterocycles. The summed E-state index contributed by atoms with van der Waals surface area (Å²) in [6.07, 6.45) is 6.12. The van der Waals surface area contributed by atoms with E-state index in [9.17, 15) is 4.79 Å². The molecule has 0 saturated carbocycles. The number of unbranched alkanes of at least 4 members (excludes halogenated alkanes) is 1. The Morgan fingerprint density at radius 3 is 2.58 bits per heavy atom. The van der Waals surface area contributed by atoms with Gasteiger partial charge in [-0.1, -0.05) is 19.0 Å². The number of nitrogens with zero attached hydrogens (tertiary/aromatic N) is 3. The number of guanidine groups is 1. The Labute approximate surface area is 204 Å². The summed E-state index contributed by atoms with van der Waals surface area (Å²) in [5.74, 6) is 1.98. The fraction of sp³-hybridized carbons (Fsp3) is 0.773. The van der Waals surface area contributed by atoms with Gasteiger partial charge in [-0.3, -0.25) is 4.79 Å². The highest BCUT2D eigenvalue weighted by molar-refractivity contribution is 14.0. The van der Waals surface area contributed by atoms with Gasteiger partial charge in [0, 0.05) is 31.0 Å². The molecule has 2 rings (SSSR count). The average Bonchev–Trinajstić information content (AvgIpc) is 3.21. The number of hydrogen-bond acceptors (Lipinski definition) is 5. The molecule has 1 aromatic rings. The Hall–Kier alpha value is -1.36. The molecule has 31 heavy (non-hydrogen) atoms. The molecule has 178 valence electrons. The third-order valence-electron chi connectivity index (χ3n) is 5.90. The van der Waals surface area contributed by atoms with Crippen LogP contribution in [0.5, 0.6) is 0 Å². The van der Waals surface area contributed by atoms with Gasteiger partial charge in [-0.25, -0.2) is 4.99 Å². The Morgan fingerprint density at radius 1 is 1.26 bits per heavy atom. The number of piperidine rings is 1. The summed E-state index contributed by atoms with van der Waals surface area (Å²) in [7, 11) is 0. The first-order valence-corrected chi connectivity index (χ1v) is 11.6. The zero-order valence-corrected chi connectivity index (χ0v) is 21.7. The number of rotatable bonds is 12. The topological polar surface area (TPSA) is 109 Å². The number of halogens is 1. The summed E-state index contributed by atoms with van der Waals surface area (Å²) in [6.45, 7) is 11.6. The molecular weight excluding hydrogens is 507 g/mol. The fourth-order valence-electron chi connectivity index (χ4n) is 3.91. The smallest absolute Gasteiger partial charge is 0.220 e. The minimum atomic E-state index is -0.147. The lowest BCUT2D eigenvalue weighted by Gasteiger charge is -2.30. The van der Waals surface area contributed by atoms with Crippen LogP contribution in [0, 0.1) is 5.92 Å². The van der Waals surface area contributed by atoms with Crippen molar-refractivity contribution in [1.82, 2.24) is 20.7 Å². The predicted octanol–water partition coefficient (Wildman–Crippen LogP) is 3.23. The number of hydrogen-bond donors (Lipinski definition) is 3. The molecule has 1 aliphatic rings. The van der Waals surface area contributed by atoms with Gasteiger partial charge in [0.25, 0.3) is 0 Å². The SMILES string of the molecule is CCNC(=NCc1cc(C(CC)CC)no1)NCCCCN1CCC(C(N)=O)CC1.I. The lowest BCUT2D eigenvalue weighted by molar-refractivity contribution is -0.123. The van der Waals surface area contributed by atoms with Crippen molar-refractivity contribution in [2.24, 2.45) is 16.6 Å². The van der Waals surface area contributed by atoms with E-state index in [1.165, 1.54) is 0 Å². The summed E-state index contributed by atoms with van der Waals surface area (Å²) in [5.41, 5.74) is 6.43. The summed E-state index contributed by atoms with van der Waals surface area (Å²) < 4.78 is 5.46. The largest absolute Gasteiger partial charge is 0.369 e. The van der Waals surface area contributed by atoms with Crippen LogP contribution in [0.25, 0.3) is 0 Å². The van der Waals surface area contributed by atoms with E-state index in [1.807, 2.05) is 6.07 Å². The second kappa shape index (κ2) is 15.4. The van der Waals surface area contributed by atoms with Crippen LogP contribution in [0.15, 0.2) is 15.6 Å². The lowest BCUT2D eigenvalue weighted by Crippen LogP contribution is -2.39. The molecule has 0 radical (unpaired) electrons. The zero-order valence-electron chi connectivity index (χ0n) is 19.4. The average molecular weight is 549 g/mol. The van der Waals surface area contributed by atoms with E-state index in [1.54, 1.807) is 0 Å². The Balaban J connectivity index is 0.00000480. The molecule has 8 nitrogen and oxygen atoms in total. The number of likely N-dealkylation sites (tertiary alicyclic amines) is 1. The Morgan fingerprint density at radius 2 is 1.97 bits per heavy atom. The van der Waals surface area contributed by atoms with Crippen LogP contribution < -0.4 is 16.4 Å². The highest BCUT2D eigenvalue weighted by Crippen LogP contribution is 2.22. The molecule has 9 heteroatoms. The fourth-order valence-corrected chi connectivity index (χ4v) is 3.91. The Bertz CT molecular complexity index is 654. The van der Waals surface area contributed by atoms with Crippen molar-refractivity contribution in [1.29, 1.82) is 0 Å². The number of aliphatic imine (C=N–C) groups is 1. The summed E-state index contributed by atoms with van der Waals surface area (Å²) in [5, 5.41) is 10.9. The second-order valence-electron chi connectivity index (χ2n) is 8.08. The van der Waals surface area contributed by atoms with E-state index in [0.717, 1.165) is 88.7 Å². The predicted molar refractivity (Wildman–Crippen MR) is 136 cm³/mol. The Kier molecular flexibility index (Phi) is 13.8. The van der Waals surface area contributed by atoms with Crippen molar-refractivity contribution in [2.75, 3.05) is 32.7 Å². The molecule has 0 atom stereocenters. The van der Waals surface area contributed by atoms with Crippen molar-refractivity contribution >= 4 is 35.8 Å². The summed E-state index contributed by atoms with van der Waals surface area (Å²) >= 11 is 0. The number of nitrogens with two attached hydrogens (primary N) is 1. The molecule has 0 unspecified atom stereocenters. The molecule has 0 aromatic carbocycles. The van der Waals surface area contributed by atoms with Gasteiger partial charge in [-0.15, -0.1) is 24.0 Å². The molecule has 4 N–H and O–H groups in total. The van der Waals surface area contributed by atoms with Crippen molar-refractivity contribution in [3.63, 3.8) is 0 Å². The quantitative estimate of drug-likeness (QED) is 0.160. The van der Waals surface area contributed by atoms with Gasteiger partial charge in [0.2, 0.25) is 5.91 Å². The first kappa shape index (κ1) is 27.7. The number of nitrogens with one attached hydrogen (secondary N) is 2. The van der Waals surface area contributed by atoms with E-state index in [0.29, 0.717) is 12.5 Å². The minimum Gasteiger partial charge on any atom is -0.369 e. The van der Waals surface area contributed by atoms with Crippen LogP contribution in [-0.4, -0.2) is 54.6 Å². The van der Waals surface area contributed by atoms with E-state index in [-0.39, 0.29) is 35.8 Å². The van der Waals surface area contributed by atoms with Crippen LogP contribution in [0.4, 0.5) is 0 Å². The monoisotopic (exact) mass is 548 g/mol. The number of amides is 1. The molecule has 0 bridgehead atoms. The normalized spacial score (nSPS) is 15.7. The van der Waals surface area contributed by atoms with Crippen LogP contribution in [0.3, 0.4) is 0 Å². The number of primary amides is 1. The third kappa shape index (κ3) is 9.76. The van der Waals surface area contributed by atoms with E-state index >= 15 is 0 Å². The molecule has 1 amide bonds. The molecule has 0 aliphatic carbocycles. The molecular formula is C22H41IN6O2. The molecule has 2 heterocycles. The molecule has 1 saturated heterocycles. The molecule has 1 aromatic heterocycles.